The molecule has 2 heterocycles. The van der Waals surface area contributed by atoms with E-state index in [1.54, 1.807) is 0 Å². The number of nitrogens with zero attached hydrogens (tertiary/aromatic N) is 2. The van der Waals surface area contributed by atoms with Gasteiger partial charge in [-0.05, 0) is 48.1 Å². The third kappa shape index (κ3) is 6.08. The maximum absolute atomic E-state index is 13.3. The third-order valence-electron chi connectivity index (χ3n) is 5.33. The molecule has 1 saturated heterocycles. The first-order valence-corrected chi connectivity index (χ1v) is 11.6. The third-order valence-corrected chi connectivity index (χ3v) is 6.19. The number of nitrogens with one attached hydrogen (secondary N) is 1. The van der Waals surface area contributed by atoms with Gasteiger partial charge in [-0.1, -0.05) is 26.8 Å². The molecule has 1 aromatic carbocycles. The van der Waals surface area contributed by atoms with Crippen LogP contribution in [0.1, 0.15) is 48.8 Å². The van der Waals surface area contributed by atoms with E-state index < -0.39 is 5.41 Å². The van der Waals surface area contributed by atoms with E-state index in [2.05, 4.69) is 5.32 Å². The van der Waals surface area contributed by atoms with Gasteiger partial charge in [-0.3, -0.25) is 9.59 Å². The van der Waals surface area contributed by atoms with Gasteiger partial charge in [-0.2, -0.15) is 0 Å². The van der Waals surface area contributed by atoms with E-state index >= 15 is 0 Å². The van der Waals surface area contributed by atoms with E-state index in [4.69, 9.17) is 4.74 Å². The normalized spacial score (nSPS) is 16.2. The van der Waals surface area contributed by atoms with Gasteiger partial charge in [0.05, 0.1) is 11.0 Å². The van der Waals surface area contributed by atoms with Crippen LogP contribution in [-0.2, 0) is 16.1 Å². The molecule has 1 aliphatic heterocycles. The van der Waals surface area contributed by atoms with Crippen molar-refractivity contribution < 1.29 is 14.3 Å². The molecule has 0 saturated carbocycles. The van der Waals surface area contributed by atoms with Gasteiger partial charge in [0.25, 0.3) is 5.91 Å². The van der Waals surface area contributed by atoms with Gasteiger partial charge in [-0.15, -0.1) is 11.3 Å². The minimum absolute atomic E-state index is 0.0133. The molecule has 3 rings (SSSR count). The summed E-state index contributed by atoms with van der Waals surface area (Å²) in [7, 11) is 3.97. The van der Waals surface area contributed by atoms with Crippen molar-refractivity contribution in [1.29, 1.82) is 0 Å². The van der Waals surface area contributed by atoms with Crippen molar-refractivity contribution >= 4 is 34.5 Å². The van der Waals surface area contributed by atoms with E-state index in [1.807, 2.05) is 80.4 Å². The zero-order chi connectivity index (χ0) is 22.6. The standard InChI is InChI=1S/C24H33N3O3S/c1-24(2,3)23(29)25-18-10-11-20(26(4)5)17(14-18)15-27(16-19-8-6-12-30-19)22(28)21-9-7-13-31-21/h7,9-11,13-14,19H,6,8,12,15-16H2,1-5H3,(H,25,29)/t19-/m0/s1. The van der Waals surface area contributed by atoms with E-state index in [0.717, 1.165) is 41.3 Å². The minimum Gasteiger partial charge on any atom is -0.377 e. The smallest absolute Gasteiger partial charge is 0.264 e. The Hall–Kier alpha value is -2.38. The van der Waals surface area contributed by atoms with E-state index in [0.29, 0.717) is 13.1 Å². The number of benzene rings is 1. The van der Waals surface area contributed by atoms with Gasteiger partial charge in [0.2, 0.25) is 5.91 Å². The van der Waals surface area contributed by atoms with Crippen molar-refractivity contribution in [3.63, 3.8) is 0 Å². The van der Waals surface area contributed by atoms with Crippen LogP contribution in [0, 0.1) is 5.41 Å². The molecule has 1 N–H and O–H groups in total. The van der Waals surface area contributed by atoms with Crippen molar-refractivity contribution in [2.45, 2.75) is 46.3 Å². The first-order chi connectivity index (χ1) is 14.6. The lowest BCUT2D eigenvalue weighted by Gasteiger charge is -2.28. The Bertz CT molecular complexity index is 897. The number of anilines is 2. The van der Waals surface area contributed by atoms with Crippen LogP contribution in [0.3, 0.4) is 0 Å². The number of carbonyl (C=O) groups is 2. The Morgan fingerprint density at radius 1 is 1.23 bits per heavy atom. The number of carbonyl (C=O) groups excluding carboxylic acids is 2. The SMILES string of the molecule is CN(C)c1ccc(NC(=O)C(C)(C)C)cc1CN(C[C@@H]1CCCO1)C(=O)c1cccs1. The van der Waals surface area contributed by atoms with E-state index in [9.17, 15) is 9.59 Å². The molecule has 1 atom stereocenters. The second-order valence-corrected chi connectivity index (χ2v) is 10.2. The Labute approximate surface area is 189 Å². The fourth-order valence-corrected chi connectivity index (χ4v) is 4.25. The predicted molar refractivity (Wildman–Crippen MR) is 127 cm³/mol. The lowest BCUT2D eigenvalue weighted by atomic mass is 9.95. The van der Waals surface area contributed by atoms with Crippen LogP contribution in [0.5, 0.6) is 0 Å². The number of hydrogen-bond acceptors (Lipinski definition) is 5. The molecule has 2 amide bonds. The second kappa shape index (κ2) is 9.83. The number of amides is 2. The molecule has 2 aromatic rings. The second-order valence-electron chi connectivity index (χ2n) is 9.24. The summed E-state index contributed by atoms with van der Waals surface area (Å²) in [5, 5.41) is 4.93. The van der Waals surface area contributed by atoms with Crippen LogP contribution in [0.25, 0.3) is 0 Å². The molecule has 1 aliphatic rings. The lowest BCUT2D eigenvalue weighted by Crippen LogP contribution is -2.37. The zero-order valence-electron chi connectivity index (χ0n) is 19.1. The summed E-state index contributed by atoms with van der Waals surface area (Å²) >= 11 is 1.45. The molecule has 0 unspecified atom stereocenters. The first kappa shape index (κ1) is 23.3. The molecule has 0 aliphatic carbocycles. The number of rotatable bonds is 7. The summed E-state index contributed by atoms with van der Waals surface area (Å²) in [5.41, 5.74) is 2.26. The Morgan fingerprint density at radius 3 is 2.58 bits per heavy atom. The first-order valence-electron chi connectivity index (χ1n) is 10.7. The van der Waals surface area contributed by atoms with Crippen LogP contribution >= 0.6 is 11.3 Å². The van der Waals surface area contributed by atoms with E-state index in [1.165, 1.54) is 11.3 Å². The largest absolute Gasteiger partial charge is 0.377 e. The maximum Gasteiger partial charge on any atom is 0.264 e. The molecule has 0 spiro atoms. The molecule has 1 fully saturated rings. The molecule has 168 valence electrons. The Kier molecular flexibility index (Phi) is 7.38. The van der Waals surface area contributed by atoms with E-state index in [-0.39, 0.29) is 17.9 Å². The molecular formula is C24H33N3O3S. The highest BCUT2D eigenvalue weighted by molar-refractivity contribution is 7.12. The molecule has 6 nitrogen and oxygen atoms in total. The van der Waals surface area contributed by atoms with Gasteiger partial charge < -0.3 is 19.9 Å². The van der Waals surface area contributed by atoms with Crippen LogP contribution in [-0.4, -0.2) is 50.1 Å². The van der Waals surface area contributed by atoms with Gasteiger partial charge in [0, 0.05) is 50.6 Å². The Morgan fingerprint density at radius 2 is 2.00 bits per heavy atom. The van der Waals surface area contributed by atoms with Gasteiger partial charge in [0.15, 0.2) is 0 Å². The molecule has 7 heteroatoms. The highest BCUT2D eigenvalue weighted by Crippen LogP contribution is 2.28. The summed E-state index contributed by atoms with van der Waals surface area (Å²) in [5.74, 6) is -0.0266. The number of ether oxygens (including phenoxy) is 1. The van der Waals surface area contributed by atoms with Crippen LogP contribution < -0.4 is 10.2 Å². The van der Waals surface area contributed by atoms with Crippen molar-refractivity contribution in [1.82, 2.24) is 4.90 Å². The van der Waals surface area contributed by atoms with Crippen molar-refractivity contribution in [3.05, 3.63) is 46.2 Å². The molecule has 0 radical (unpaired) electrons. The summed E-state index contributed by atoms with van der Waals surface area (Å²) in [6.07, 6.45) is 2.06. The van der Waals surface area contributed by atoms with Crippen LogP contribution in [0.15, 0.2) is 35.7 Å². The fourth-order valence-electron chi connectivity index (χ4n) is 3.56. The minimum atomic E-state index is -0.485. The van der Waals surface area contributed by atoms with Gasteiger partial charge >= 0.3 is 0 Å². The summed E-state index contributed by atoms with van der Waals surface area (Å²) in [6.45, 7) is 7.43. The number of thiophene rings is 1. The van der Waals surface area contributed by atoms with Gasteiger partial charge in [-0.25, -0.2) is 0 Å². The summed E-state index contributed by atoms with van der Waals surface area (Å²) < 4.78 is 5.82. The highest BCUT2D eigenvalue weighted by Gasteiger charge is 2.26. The predicted octanol–water partition coefficient (Wildman–Crippen LogP) is 4.62. The molecular weight excluding hydrogens is 410 g/mol. The summed E-state index contributed by atoms with van der Waals surface area (Å²) in [4.78, 5) is 30.4. The molecule has 1 aromatic heterocycles. The highest BCUT2D eigenvalue weighted by atomic mass is 32.1. The Balaban J connectivity index is 1.89. The monoisotopic (exact) mass is 443 g/mol. The average molecular weight is 444 g/mol. The van der Waals surface area contributed by atoms with Gasteiger partial charge in [0.1, 0.15) is 0 Å². The maximum atomic E-state index is 13.3. The molecule has 31 heavy (non-hydrogen) atoms. The quantitative estimate of drug-likeness (QED) is 0.678. The average Bonchev–Trinajstić information content (AvgIpc) is 3.40. The number of hydrogen-bond donors (Lipinski definition) is 1. The topological polar surface area (TPSA) is 61.9 Å². The van der Waals surface area contributed by atoms with Crippen LogP contribution in [0.2, 0.25) is 0 Å². The fraction of sp³-hybridized carbons (Fsp3) is 0.500. The molecule has 0 bridgehead atoms. The van der Waals surface area contributed by atoms with Crippen LogP contribution in [0.4, 0.5) is 11.4 Å². The van der Waals surface area contributed by atoms with Crippen molar-refractivity contribution in [2.24, 2.45) is 5.41 Å². The van der Waals surface area contributed by atoms with Crippen molar-refractivity contribution in [3.8, 4) is 0 Å². The lowest BCUT2D eigenvalue weighted by molar-refractivity contribution is -0.123. The van der Waals surface area contributed by atoms with Crippen molar-refractivity contribution in [2.75, 3.05) is 37.5 Å². The zero-order valence-corrected chi connectivity index (χ0v) is 19.9. The summed E-state index contributed by atoms with van der Waals surface area (Å²) in [6, 6.07) is 9.64.